The van der Waals surface area contributed by atoms with E-state index in [1.165, 1.54) is 0 Å². The van der Waals surface area contributed by atoms with Crippen molar-refractivity contribution in [1.29, 1.82) is 0 Å². The molecular formula is C24H33N3O3. The Morgan fingerprint density at radius 2 is 1.83 bits per heavy atom. The Morgan fingerprint density at radius 1 is 1.10 bits per heavy atom. The second kappa shape index (κ2) is 8.52. The number of pyridine rings is 2. The molecule has 1 N–H and O–H groups in total. The summed E-state index contributed by atoms with van der Waals surface area (Å²) in [5, 5.41) is 10.7. The molecule has 2 aromatic heterocycles. The number of rotatable bonds is 5. The van der Waals surface area contributed by atoms with Crippen molar-refractivity contribution in [3.63, 3.8) is 0 Å². The molecular weight excluding hydrogens is 378 g/mol. The van der Waals surface area contributed by atoms with Crippen LogP contribution in [0, 0.1) is 39.5 Å². The van der Waals surface area contributed by atoms with E-state index in [4.69, 9.17) is 9.47 Å². The second-order valence-corrected chi connectivity index (χ2v) is 8.99. The number of fused-ring (bicyclic) bond motifs is 1. The Bertz CT molecular complexity index is 917. The van der Waals surface area contributed by atoms with Gasteiger partial charge in [-0.2, -0.15) is 0 Å². The molecule has 1 aliphatic carbocycles. The van der Waals surface area contributed by atoms with Gasteiger partial charge in [0, 0.05) is 42.7 Å². The number of hydrogen-bond acceptors (Lipinski definition) is 6. The maximum atomic E-state index is 10.7. The number of likely N-dealkylation sites (tertiary alicyclic amines) is 1. The number of aliphatic hydroxyl groups excluding tert-OH is 1. The highest BCUT2D eigenvalue weighted by molar-refractivity contribution is 5.41. The first-order valence-electron chi connectivity index (χ1n) is 10.9. The van der Waals surface area contributed by atoms with Gasteiger partial charge in [0.15, 0.2) is 0 Å². The standard InChI is InChI=1S/C24H33N3O3/c1-14-10-25-20(16(3)24(14)29-5)13-27-11-18-8-21(28)23(9-19(18)12-27)30-22-7-6-15(2)26-17(22)4/h6-7,10,18-19,21,23,28H,8-9,11-13H2,1-5H3/t18-,19+,21+,23+/m0/s1. The van der Waals surface area contributed by atoms with E-state index < -0.39 is 6.10 Å². The Morgan fingerprint density at radius 3 is 2.53 bits per heavy atom. The zero-order valence-corrected chi connectivity index (χ0v) is 18.7. The average molecular weight is 412 g/mol. The average Bonchev–Trinajstić information content (AvgIpc) is 3.08. The Hall–Kier alpha value is -2.18. The van der Waals surface area contributed by atoms with Crippen LogP contribution in [0.5, 0.6) is 11.5 Å². The first kappa shape index (κ1) is 21.1. The third-order valence-corrected chi connectivity index (χ3v) is 6.74. The zero-order chi connectivity index (χ0) is 21.4. The second-order valence-electron chi connectivity index (χ2n) is 8.99. The number of hydrogen-bond donors (Lipinski definition) is 1. The van der Waals surface area contributed by atoms with Gasteiger partial charge in [0.25, 0.3) is 0 Å². The van der Waals surface area contributed by atoms with Crippen molar-refractivity contribution < 1.29 is 14.6 Å². The van der Waals surface area contributed by atoms with Crippen molar-refractivity contribution in [1.82, 2.24) is 14.9 Å². The SMILES string of the molecule is COc1c(C)cnc(CN2C[C@H]3C[C@@H](Oc4ccc(C)nc4C)[C@H](O)C[C@H]3C2)c1C. The molecule has 0 aromatic carbocycles. The summed E-state index contributed by atoms with van der Waals surface area (Å²) < 4.78 is 11.8. The maximum Gasteiger partial charge on any atom is 0.141 e. The number of aryl methyl sites for hydroxylation is 3. The molecule has 3 heterocycles. The number of ether oxygens (including phenoxy) is 2. The summed E-state index contributed by atoms with van der Waals surface area (Å²) in [6, 6.07) is 3.93. The molecule has 0 unspecified atom stereocenters. The van der Waals surface area contributed by atoms with E-state index in [0.717, 1.165) is 72.2 Å². The summed E-state index contributed by atoms with van der Waals surface area (Å²) in [7, 11) is 1.72. The quantitative estimate of drug-likeness (QED) is 0.814. The molecule has 4 rings (SSSR count). The summed E-state index contributed by atoms with van der Waals surface area (Å²) in [6.07, 6.45) is 2.95. The topological polar surface area (TPSA) is 67.7 Å². The predicted molar refractivity (Wildman–Crippen MR) is 116 cm³/mol. The van der Waals surface area contributed by atoms with E-state index in [2.05, 4.69) is 21.8 Å². The van der Waals surface area contributed by atoms with Crippen LogP contribution in [0.25, 0.3) is 0 Å². The molecule has 4 atom stereocenters. The normalized spacial score (nSPS) is 26.5. The Kier molecular flexibility index (Phi) is 5.98. The molecule has 1 saturated carbocycles. The van der Waals surface area contributed by atoms with Gasteiger partial charge >= 0.3 is 0 Å². The molecule has 2 aliphatic rings. The van der Waals surface area contributed by atoms with Crippen LogP contribution in [0.2, 0.25) is 0 Å². The zero-order valence-electron chi connectivity index (χ0n) is 18.7. The van der Waals surface area contributed by atoms with E-state index in [1.54, 1.807) is 7.11 Å². The van der Waals surface area contributed by atoms with Gasteiger partial charge < -0.3 is 14.6 Å². The maximum absolute atomic E-state index is 10.7. The highest BCUT2D eigenvalue weighted by atomic mass is 16.5. The highest BCUT2D eigenvalue weighted by Gasteiger charge is 2.42. The Labute approximate surface area is 179 Å². The van der Waals surface area contributed by atoms with Crippen molar-refractivity contribution in [3.8, 4) is 11.5 Å². The molecule has 30 heavy (non-hydrogen) atoms. The largest absolute Gasteiger partial charge is 0.496 e. The van der Waals surface area contributed by atoms with Gasteiger partial charge in [-0.25, -0.2) is 0 Å². The van der Waals surface area contributed by atoms with Crippen molar-refractivity contribution in [2.45, 2.75) is 59.3 Å². The molecule has 0 spiro atoms. The molecule has 2 fully saturated rings. The minimum absolute atomic E-state index is 0.172. The molecule has 2 aromatic rings. The number of aliphatic hydroxyl groups is 1. The lowest BCUT2D eigenvalue weighted by molar-refractivity contribution is -0.0236. The minimum atomic E-state index is -0.439. The van der Waals surface area contributed by atoms with E-state index in [9.17, 15) is 5.11 Å². The lowest BCUT2D eigenvalue weighted by atomic mass is 9.78. The smallest absolute Gasteiger partial charge is 0.141 e. The highest BCUT2D eigenvalue weighted by Crippen LogP contribution is 2.39. The number of methoxy groups -OCH3 is 1. The summed E-state index contributed by atoms with van der Waals surface area (Å²) >= 11 is 0. The number of nitrogens with zero attached hydrogens (tertiary/aromatic N) is 3. The van der Waals surface area contributed by atoms with E-state index >= 15 is 0 Å². The fourth-order valence-electron chi connectivity index (χ4n) is 5.15. The molecule has 1 aliphatic heterocycles. The van der Waals surface area contributed by atoms with Crippen LogP contribution in [0.1, 0.15) is 41.1 Å². The fraction of sp³-hybridized carbons (Fsp3) is 0.583. The first-order valence-corrected chi connectivity index (χ1v) is 10.9. The van der Waals surface area contributed by atoms with Gasteiger partial charge in [-0.3, -0.25) is 14.9 Å². The van der Waals surface area contributed by atoms with Crippen LogP contribution < -0.4 is 9.47 Å². The van der Waals surface area contributed by atoms with Gasteiger partial charge in [-0.1, -0.05) is 0 Å². The lowest BCUT2D eigenvalue weighted by Gasteiger charge is -2.35. The van der Waals surface area contributed by atoms with Crippen molar-refractivity contribution in [3.05, 3.63) is 46.5 Å². The predicted octanol–water partition coefficient (Wildman–Crippen LogP) is 3.37. The van der Waals surface area contributed by atoms with Gasteiger partial charge in [0.2, 0.25) is 0 Å². The van der Waals surface area contributed by atoms with Gasteiger partial charge in [-0.15, -0.1) is 0 Å². The molecule has 162 valence electrons. The molecule has 0 radical (unpaired) electrons. The van der Waals surface area contributed by atoms with Gasteiger partial charge in [0.05, 0.1) is 24.6 Å². The fourth-order valence-corrected chi connectivity index (χ4v) is 5.15. The molecule has 0 amide bonds. The van der Waals surface area contributed by atoms with Crippen LogP contribution in [0.4, 0.5) is 0 Å². The molecule has 0 bridgehead atoms. The number of aromatic nitrogens is 2. The molecule has 6 heteroatoms. The summed E-state index contributed by atoms with van der Waals surface area (Å²) in [5.74, 6) is 2.75. The lowest BCUT2D eigenvalue weighted by Crippen LogP contribution is -2.42. The van der Waals surface area contributed by atoms with Crippen LogP contribution in [-0.2, 0) is 6.54 Å². The minimum Gasteiger partial charge on any atom is -0.496 e. The third-order valence-electron chi connectivity index (χ3n) is 6.74. The van der Waals surface area contributed by atoms with Crippen LogP contribution in [-0.4, -0.2) is 52.4 Å². The van der Waals surface area contributed by atoms with Crippen molar-refractivity contribution >= 4 is 0 Å². The van der Waals surface area contributed by atoms with Crippen molar-refractivity contribution in [2.75, 3.05) is 20.2 Å². The van der Waals surface area contributed by atoms with Gasteiger partial charge in [-0.05, 0) is 64.5 Å². The third kappa shape index (κ3) is 4.16. The molecule has 1 saturated heterocycles. The van der Waals surface area contributed by atoms with Crippen molar-refractivity contribution in [2.24, 2.45) is 11.8 Å². The summed E-state index contributed by atoms with van der Waals surface area (Å²) in [6.45, 7) is 10.9. The van der Waals surface area contributed by atoms with E-state index in [-0.39, 0.29) is 6.10 Å². The van der Waals surface area contributed by atoms with E-state index in [0.29, 0.717) is 11.8 Å². The summed E-state index contributed by atoms with van der Waals surface area (Å²) in [5.41, 5.74) is 5.12. The van der Waals surface area contributed by atoms with Crippen LogP contribution in [0.15, 0.2) is 18.3 Å². The summed E-state index contributed by atoms with van der Waals surface area (Å²) in [4.78, 5) is 11.6. The van der Waals surface area contributed by atoms with E-state index in [1.807, 2.05) is 39.1 Å². The van der Waals surface area contributed by atoms with Crippen LogP contribution in [0.3, 0.4) is 0 Å². The Balaban J connectivity index is 1.42. The molecule has 6 nitrogen and oxygen atoms in total. The van der Waals surface area contributed by atoms with Crippen LogP contribution >= 0.6 is 0 Å². The monoisotopic (exact) mass is 411 g/mol. The van der Waals surface area contributed by atoms with Gasteiger partial charge in [0.1, 0.15) is 17.6 Å². The first-order chi connectivity index (χ1) is 14.4.